The topological polar surface area (TPSA) is 166 Å². The van der Waals surface area contributed by atoms with E-state index in [1.165, 1.54) is 14.2 Å². The minimum Gasteiger partial charge on any atom is -0.497 e. The first-order valence-corrected chi connectivity index (χ1v) is 15.0. The number of aliphatic hydroxyl groups excluding tert-OH is 1. The summed E-state index contributed by atoms with van der Waals surface area (Å²) in [5, 5.41) is 12.2. The molecule has 0 fully saturated rings. The molecule has 3 aromatic rings. The number of fused-ring (bicyclic) bond motifs is 1. The molecule has 37 heavy (non-hydrogen) atoms. The summed E-state index contributed by atoms with van der Waals surface area (Å²) >= 11 is 0. The van der Waals surface area contributed by atoms with E-state index in [1.54, 1.807) is 36.4 Å². The van der Waals surface area contributed by atoms with Crippen LogP contribution in [0.1, 0.15) is 12.8 Å². The number of nitrogens with zero attached hydrogens (tertiary/aromatic N) is 2. The van der Waals surface area contributed by atoms with Gasteiger partial charge in [0.1, 0.15) is 15.6 Å². The third-order valence-electron chi connectivity index (χ3n) is 5.04. The number of anilines is 3. The zero-order valence-corrected chi connectivity index (χ0v) is 22.4. The summed E-state index contributed by atoms with van der Waals surface area (Å²) in [6, 6.07) is 10.2. The zero-order valence-electron chi connectivity index (χ0n) is 20.7. The van der Waals surface area contributed by atoms with Gasteiger partial charge in [-0.05, 0) is 18.6 Å². The molecule has 0 saturated heterocycles. The fourth-order valence-corrected chi connectivity index (χ4v) is 5.24. The molecule has 0 aliphatic heterocycles. The molecule has 0 radical (unpaired) electrons. The van der Waals surface area contributed by atoms with Crippen molar-refractivity contribution >= 4 is 48.2 Å². The van der Waals surface area contributed by atoms with Crippen molar-refractivity contribution in [1.82, 2.24) is 9.97 Å². The van der Waals surface area contributed by atoms with E-state index in [9.17, 15) is 16.8 Å². The number of hydrogen-bond donors (Lipinski definition) is 3. The first-order valence-electron chi connectivity index (χ1n) is 11.3. The second kappa shape index (κ2) is 12.3. The van der Waals surface area contributed by atoms with E-state index in [-0.39, 0.29) is 37.0 Å². The van der Waals surface area contributed by atoms with Gasteiger partial charge in [-0.2, -0.15) is 0 Å². The van der Waals surface area contributed by atoms with E-state index in [4.69, 9.17) is 19.3 Å². The molecule has 12 nitrogen and oxygen atoms in total. The van der Waals surface area contributed by atoms with Gasteiger partial charge < -0.3 is 24.6 Å². The molecule has 3 rings (SSSR count). The van der Waals surface area contributed by atoms with Gasteiger partial charge in [0, 0.05) is 31.4 Å². The fraction of sp³-hybridized carbons (Fsp3) is 0.391. The van der Waals surface area contributed by atoms with Gasteiger partial charge in [0.05, 0.1) is 49.1 Å². The second-order valence-corrected chi connectivity index (χ2v) is 12.2. The maximum absolute atomic E-state index is 12.8. The lowest BCUT2D eigenvalue weighted by Crippen LogP contribution is -2.20. The lowest BCUT2D eigenvalue weighted by molar-refractivity contribution is 0.228. The van der Waals surface area contributed by atoms with Gasteiger partial charge >= 0.3 is 0 Å². The van der Waals surface area contributed by atoms with Gasteiger partial charge in [-0.1, -0.05) is 12.1 Å². The number of aromatic nitrogens is 2. The summed E-state index contributed by atoms with van der Waals surface area (Å²) in [6.07, 6.45) is 1.35. The van der Waals surface area contributed by atoms with Crippen molar-refractivity contribution in [2.45, 2.75) is 12.8 Å². The molecule has 0 atom stereocenters. The Kier molecular flexibility index (Phi) is 9.34. The summed E-state index contributed by atoms with van der Waals surface area (Å²) in [5.74, 6) is 0.390. The molecule has 0 aliphatic carbocycles. The molecule has 0 aliphatic rings. The van der Waals surface area contributed by atoms with E-state index < -0.39 is 25.6 Å². The Bertz CT molecular complexity index is 1450. The average Bonchev–Trinajstić information content (AvgIpc) is 2.83. The molecular weight excluding hydrogens is 524 g/mol. The van der Waals surface area contributed by atoms with Gasteiger partial charge in [0.15, 0.2) is 23.1 Å². The van der Waals surface area contributed by atoms with Gasteiger partial charge in [-0.15, -0.1) is 0 Å². The Labute approximate surface area is 216 Å². The van der Waals surface area contributed by atoms with Crippen molar-refractivity contribution in [2.24, 2.45) is 0 Å². The third-order valence-corrected chi connectivity index (χ3v) is 7.40. The number of para-hydroxylation sites is 2. The lowest BCUT2D eigenvalue weighted by Gasteiger charge is -2.19. The highest BCUT2D eigenvalue weighted by Crippen LogP contribution is 2.41. The van der Waals surface area contributed by atoms with Crippen LogP contribution in [0, 0.1) is 0 Å². The maximum Gasteiger partial charge on any atom is 0.234 e. The number of nitrogens with one attached hydrogen (secondary N) is 2. The van der Waals surface area contributed by atoms with E-state index >= 15 is 0 Å². The number of aliphatic hydroxyl groups is 1. The second-order valence-electron chi connectivity index (χ2n) is 8.07. The molecule has 2 aromatic carbocycles. The number of rotatable bonds is 14. The molecule has 1 heterocycles. The molecule has 202 valence electrons. The van der Waals surface area contributed by atoms with Crippen LogP contribution < -0.4 is 24.2 Å². The Morgan fingerprint density at radius 2 is 1.59 bits per heavy atom. The monoisotopic (exact) mass is 554 g/mol. The average molecular weight is 555 g/mol. The highest BCUT2D eigenvalue weighted by Gasteiger charge is 2.21. The SMILES string of the molecule is COc1cc(Nc2nc3ccccc3nc2NS(=O)(=O)CCCS(C)(=O)=O)c(OCCCO)c(OC)c1. The van der Waals surface area contributed by atoms with Crippen LogP contribution in [0.5, 0.6) is 17.2 Å². The molecule has 0 unspecified atom stereocenters. The minimum absolute atomic E-state index is 0.0668. The summed E-state index contributed by atoms with van der Waals surface area (Å²) in [5.41, 5.74) is 1.31. The quantitative estimate of drug-likeness (QED) is 0.250. The number of hydrogen-bond acceptors (Lipinski definition) is 11. The van der Waals surface area contributed by atoms with E-state index in [0.717, 1.165) is 6.26 Å². The van der Waals surface area contributed by atoms with Crippen LogP contribution in [-0.4, -0.2) is 77.1 Å². The van der Waals surface area contributed by atoms with Gasteiger partial charge in [-0.3, -0.25) is 4.72 Å². The summed E-state index contributed by atoms with van der Waals surface area (Å²) < 4.78 is 67.4. The number of sulfonamides is 1. The van der Waals surface area contributed by atoms with Crippen molar-refractivity contribution in [3.05, 3.63) is 36.4 Å². The van der Waals surface area contributed by atoms with Gasteiger partial charge in [0.25, 0.3) is 0 Å². The minimum atomic E-state index is -3.96. The molecule has 1 aromatic heterocycles. The summed E-state index contributed by atoms with van der Waals surface area (Å²) in [4.78, 5) is 8.98. The smallest absolute Gasteiger partial charge is 0.234 e. The maximum atomic E-state index is 12.8. The van der Waals surface area contributed by atoms with E-state index in [1.807, 2.05) is 0 Å². The van der Waals surface area contributed by atoms with Crippen LogP contribution >= 0.6 is 0 Å². The van der Waals surface area contributed by atoms with Crippen molar-refractivity contribution in [2.75, 3.05) is 55.2 Å². The molecule has 14 heteroatoms. The zero-order chi connectivity index (χ0) is 27.1. The normalized spacial score (nSPS) is 11.8. The Hall–Kier alpha value is -3.36. The van der Waals surface area contributed by atoms with Crippen LogP contribution in [0.25, 0.3) is 11.0 Å². The van der Waals surface area contributed by atoms with Crippen LogP contribution in [0.3, 0.4) is 0 Å². The fourth-order valence-electron chi connectivity index (χ4n) is 3.32. The number of benzene rings is 2. The van der Waals surface area contributed by atoms with Crippen LogP contribution in [0.15, 0.2) is 36.4 Å². The summed E-state index contributed by atoms with van der Waals surface area (Å²) in [7, 11) is -4.33. The molecule has 3 N–H and O–H groups in total. The van der Waals surface area contributed by atoms with Gasteiger partial charge in [-0.25, -0.2) is 26.8 Å². The van der Waals surface area contributed by atoms with Crippen molar-refractivity contribution < 1.29 is 36.2 Å². The number of methoxy groups -OCH3 is 2. The largest absolute Gasteiger partial charge is 0.497 e. The standard InChI is InChI=1S/C23H30N4O8S2/c1-33-16-14-19(21(20(15-16)34-2)35-11-6-10-28)26-22-23(25-18-9-5-4-8-17(18)24-22)27-37(31,32)13-7-12-36(3,29)30/h4-5,8-9,14-15,28H,6-7,10-13H2,1-3H3,(H,24,26)(H,25,27). The van der Waals surface area contributed by atoms with Crippen molar-refractivity contribution in [1.29, 1.82) is 0 Å². The van der Waals surface area contributed by atoms with Crippen LogP contribution in [0.2, 0.25) is 0 Å². The van der Waals surface area contributed by atoms with Crippen LogP contribution in [0.4, 0.5) is 17.3 Å². The van der Waals surface area contributed by atoms with E-state index in [2.05, 4.69) is 20.0 Å². The Morgan fingerprint density at radius 3 is 2.19 bits per heavy atom. The Balaban J connectivity index is 2.04. The highest BCUT2D eigenvalue weighted by molar-refractivity contribution is 7.93. The molecular formula is C23H30N4O8S2. The predicted molar refractivity (Wildman–Crippen MR) is 141 cm³/mol. The first-order chi connectivity index (χ1) is 17.5. The van der Waals surface area contributed by atoms with Crippen molar-refractivity contribution in [3.63, 3.8) is 0 Å². The summed E-state index contributed by atoms with van der Waals surface area (Å²) in [6.45, 7) is 0.125. The third kappa shape index (κ3) is 8.06. The number of sulfone groups is 1. The number of ether oxygens (including phenoxy) is 3. The molecule has 0 bridgehead atoms. The molecule has 0 spiro atoms. The van der Waals surface area contributed by atoms with Gasteiger partial charge in [0.2, 0.25) is 10.0 Å². The Morgan fingerprint density at radius 1 is 0.919 bits per heavy atom. The van der Waals surface area contributed by atoms with Crippen molar-refractivity contribution in [3.8, 4) is 17.2 Å². The molecule has 0 amide bonds. The molecule has 0 saturated carbocycles. The lowest BCUT2D eigenvalue weighted by atomic mass is 10.2. The predicted octanol–water partition coefficient (Wildman–Crippen LogP) is 2.33. The highest BCUT2D eigenvalue weighted by atomic mass is 32.2. The first kappa shape index (κ1) is 28.2. The van der Waals surface area contributed by atoms with Crippen LogP contribution in [-0.2, 0) is 19.9 Å². The van der Waals surface area contributed by atoms with E-state index in [0.29, 0.717) is 40.4 Å².